The van der Waals surface area contributed by atoms with Crippen molar-refractivity contribution in [2.75, 3.05) is 25.1 Å². The van der Waals surface area contributed by atoms with Crippen LogP contribution in [0.5, 0.6) is 11.5 Å². The van der Waals surface area contributed by atoms with Gasteiger partial charge in [0.05, 0.1) is 15.5 Å². The average molecular weight is 393 g/mol. The molecule has 0 aliphatic carbocycles. The van der Waals surface area contributed by atoms with Crippen molar-refractivity contribution in [3.8, 4) is 11.5 Å². The van der Waals surface area contributed by atoms with Crippen LogP contribution in [0.15, 0.2) is 36.4 Å². The molecule has 0 saturated carbocycles. The lowest BCUT2D eigenvalue weighted by molar-refractivity contribution is -0.384. The SMILES string of the molecule is O=C(COC(=O)c1cc(Cl)c2c(c1)OCCO2)Nc1ccc([N+](=O)[O-])cc1. The first-order valence-corrected chi connectivity index (χ1v) is 8.12. The third-order valence-corrected chi connectivity index (χ3v) is 3.81. The predicted octanol–water partition coefficient (Wildman–Crippen LogP) is 2.81. The molecule has 2 aromatic carbocycles. The van der Waals surface area contributed by atoms with Gasteiger partial charge in [-0.2, -0.15) is 0 Å². The lowest BCUT2D eigenvalue weighted by Crippen LogP contribution is -2.21. The molecule has 0 atom stereocenters. The number of hydrogen-bond donors (Lipinski definition) is 1. The van der Waals surface area contributed by atoms with Crippen molar-refractivity contribution in [3.63, 3.8) is 0 Å². The molecule has 0 unspecified atom stereocenters. The van der Waals surface area contributed by atoms with Crippen LogP contribution in [-0.4, -0.2) is 36.6 Å². The monoisotopic (exact) mass is 392 g/mol. The third-order valence-electron chi connectivity index (χ3n) is 3.53. The Morgan fingerprint density at radius 1 is 1.19 bits per heavy atom. The van der Waals surface area contributed by atoms with E-state index in [9.17, 15) is 19.7 Å². The number of benzene rings is 2. The van der Waals surface area contributed by atoms with Crippen LogP contribution in [-0.2, 0) is 9.53 Å². The highest BCUT2D eigenvalue weighted by Gasteiger charge is 2.20. The summed E-state index contributed by atoms with van der Waals surface area (Å²) in [5, 5.41) is 13.3. The molecule has 0 aromatic heterocycles. The molecule has 1 N–H and O–H groups in total. The molecule has 0 radical (unpaired) electrons. The van der Waals surface area contributed by atoms with Crippen LogP contribution in [0.4, 0.5) is 11.4 Å². The second-order valence-corrected chi connectivity index (χ2v) is 5.82. The number of fused-ring (bicyclic) bond motifs is 1. The summed E-state index contributed by atoms with van der Waals surface area (Å²) in [5.74, 6) is -0.667. The number of non-ortho nitro benzene ring substituents is 1. The fourth-order valence-electron chi connectivity index (χ4n) is 2.31. The standard InChI is InChI=1S/C17H13ClN2O7/c18-13-7-10(8-14-16(13)26-6-5-25-14)17(22)27-9-15(21)19-11-1-3-12(4-2-11)20(23)24/h1-4,7-8H,5-6,9H2,(H,19,21). The summed E-state index contributed by atoms with van der Waals surface area (Å²) in [7, 11) is 0. The Morgan fingerprint density at radius 3 is 2.59 bits per heavy atom. The summed E-state index contributed by atoms with van der Waals surface area (Å²) in [5.41, 5.74) is 0.353. The van der Waals surface area contributed by atoms with E-state index in [0.29, 0.717) is 30.4 Å². The molecule has 10 heteroatoms. The zero-order chi connectivity index (χ0) is 19.4. The highest BCUT2D eigenvalue weighted by molar-refractivity contribution is 6.32. The molecule has 0 fully saturated rings. The minimum atomic E-state index is -0.757. The van der Waals surface area contributed by atoms with E-state index in [2.05, 4.69) is 5.32 Å². The molecule has 0 bridgehead atoms. The van der Waals surface area contributed by atoms with Crippen LogP contribution in [0.25, 0.3) is 0 Å². The number of amides is 1. The molecule has 2 aromatic rings. The van der Waals surface area contributed by atoms with Gasteiger partial charge in [-0.3, -0.25) is 14.9 Å². The first-order chi connectivity index (χ1) is 12.9. The van der Waals surface area contributed by atoms with Crippen molar-refractivity contribution in [2.24, 2.45) is 0 Å². The largest absolute Gasteiger partial charge is 0.486 e. The highest BCUT2D eigenvalue weighted by Crippen LogP contribution is 2.38. The molecule has 1 heterocycles. The Morgan fingerprint density at radius 2 is 1.89 bits per heavy atom. The van der Waals surface area contributed by atoms with Crippen molar-refractivity contribution in [3.05, 3.63) is 57.1 Å². The zero-order valence-corrected chi connectivity index (χ0v) is 14.5. The summed E-state index contributed by atoms with van der Waals surface area (Å²) in [6.07, 6.45) is 0. The number of hydrogen-bond acceptors (Lipinski definition) is 7. The van der Waals surface area contributed by atoms with Gasteiger partial charge in [0.15, 0.2) is 18.1 Å². The van der Waals surface area contributed by atoms with Gasteiger partial charge in [-0.25, -0.2) is 4.79 Å². The normalized spacial score (nSPS) is 12.2. The fourth-order valence-corrected chi connectivity index (χ4v) is 2.57. The van der Waals surface area contributed by atoms with Crippen LogP contribution in [0, 0.1) is 10.1 Å². The summed E-state index contributed by atoms with van der Waals surface area (Å²) >= 11 is 6.06. The number of anilines is 1. The van der Waals surface area contributed by atoms with E-state index in [1.54, 1.807) is 0 Å². The van der Waals surface area contributed by atoms with Gasteiger partial charge in [-0.15, -0.1) is 0 Å². The summed E-state index contributed by atoms with van der Waals surface area (Å²) in [6, 6.07) is 8.04. The maximum Gasteiger partial charge on any atom is 0.338 e. The van der Waals surface area contributed by atoms with Gasteiger partial charge in [-0.1, -0.05) is 11.6 Å². The molecular formula is C17H13ClN2O7. The molecular weight excluding hydrogens is 380 g/mol. The number of carbonyl (C=O) groups is 2. The van der Waals surface area contributed by atoms with Crippen LogP contribution in [0.2, 0.25) is 5.02 Å². The molecule has 0 spiro atoms. The summed E-state index contributed by atoms with van der Waals surface area (Å²) < 4.78 is 15.7. The van der Waals surface area contributed by atoms with E-state index in [4.69, 9.17) is 25.8 Å². The minimum absolute atomic E-state index is 0.102. The van der Waals surface area contributed by atoms with Crippen molar-refractivity contribution < 1.29 is 28.7 Å². The van der Waals surface area contributed by atoms with Gasteiger partial charge < -0.3 is 19.5 Å². The number of rotatable bonds is 5. The van der Waals surface area contributed by atoms with Gasteiger partial charge in [0.1, 0.15) is 13.2 Å². The lowest BCUT2D eigenvalue weighted by Gasteiger charge is -2.19. The predicted molar refractivity (Wildman–Crippen MR) is 94.5 cm³/mol. The van der Waals surface area contributed by atoms with E-state index in [-0.39, 0.29) is 16.3 Å². The Balaban J connectivity index is 1.58. The Kier molecular flexibility index (Phi) is 5.41. The minimum Gasteiger partial charge on any atom is -0.486 e. The maximum atomic E-state index is 12.1. The van der Waals surface area contributed by atoms with E-state index in [1.807, 2.05) is 0 Å². The van der Waals surface area contributed by atoms with Crippen LogP contribution >= 0.6 is 11.6 Å². The van der Waals surface area contributed by atoms with E-state index >= 15 is 0 Å². The van der Waals surface area contributed by atoms with Gasteiger partial charge >= 0.3 is 5.97 Å². The number of esters is 1. The zero-order valence-electron chi connectivity index (χ0n) is 13.8. The molecule has 1 amide bonds. The fraction of sp³-hybridized carbons (Fsp3) is 0.176. The number of nitrogens with one attached hydrogen (secondary N) is 1. The van der Waals surface area contributed by atoms with Crippen LogP contribution < -0.4 is 14.8 Å². The van der Waals surface area contributed by atoms with E-state index in [0.717, 1.165) is 0 Å². The first-order valence-electron chi connectivity index (χ1n) is 7.74. The Bertz CT molecular complexity index is 899. The first kappa shape index (κ1) is 18.5. The number of ether oxygens (including phenoxy) is 3. The van der Waals surface area contributed by atoms with Gasteiger partial charge in [0, 0.05) is 17.8 Å². The molecule has 27 heavy (non-hydrogen) atoms. The molecule has 140 valence electrons. The maximum absolute atomic E-state index is 12.1. The Hall–Kier alpha value is -3.33. The average Bonchev–Trinajstić information content (AvgIpc) is 2.66. The van der Waals surface area contributed by atoms with E-state index < -0.39 is 23.4 Å². The van der Waals surface area contributed by atoms with Gasteiger partial charge in [-0.05, 0) is 24.3 Å². The molecule has 1 aliphatic heterocycles. The summed E-state index contributed by atoms with van der Waals surface area (Å²) in [6.45, 7) is 0.153. The number of halogens is 1. The van der Waals surface area contributed by atoms with Gasteiger partial charge in [0.25, 0.3) is 11.6 Å². The van der Waals surface area contributed by atoms with Crippen LogP contribution in [0.3, 0.4) is 0 Å². The summed E-state index contributed by atoms with van der Waals surface area (Å²) in [4.78, 5) is 34.0. The van der Waals surface area contributed by atoms with E-state index in [1.165, 1.54) is 36.4 Å². The number of nitrogens with zero attached hydrogens (tertiary/aromatic N) is 1. The molecule has 9 nitrogen and oxygen atoms in total. The van der Waals surface area contributed by atoms with Crippen molar-refractivity contribution in [2.45, 2.75) is 0 Å². The third kappa shape index (κ3) is 4.45. The van der Waals surface area contributed by atoms with Crippen LogP contribution in [0.1, 0.15) is 10.4 Å². The van der Waals surface area contributed by atoms with Crippen molar-refractivity contribution in [1.29, 1.82) is 0 Å². The Labute approximate surface area is 157 Å². The highest BCUT2D eigenvalue weighted by atomic mass is 35.5. The number of carbonyl (C=O) groups excluding carboxylic acids is 2. The molecule has 0 saturated heterocycles. The number of nitro groups is 1. The van der Waals surface area contributed by atoms with Crippen molar-refractivity contribution in [1.82, 2.24) is 0 Å². The van der Waals surface area contributed by atoms with Gasteiger partial charge in [0.2, 0.25) is 0 Å². The second-order valence-electron chi connectivity index (χ2n) is 5.41. The molecule has 1 aliphatic rings. The molecule has 3 rings (SSSR count). The van der Waals surface area contributed by atoms with Crippen molar-refractivity contribution >= 4 is 34.9 Å². The smallest absolute Gasteiger partial charge is 0.338 e. The quantitative estimate of drug-likeness (QED) is 0.472. The number of nitro benzene ring substituents is 1. The second kappa shape index (κ2) is 7.92. The topological polar surface area (TPSA) is 117 Å². The lowest BCUT2D eigenvalue weighted by atomic mass is 10.2.